The van der Waals surface area contributed by atoms with E-state index in [2.05, 4.69) is 40.4 Å². The third-order valence-electron chi connectivity index (χ3n) is 4.99. The van der Waals surface area contributed by atoms with Crippen molar-refractivity contribution < 1.29 is 28.5 Å². The quantitative estimate of drug-likeness (QED) is 0.259. The fraction of sp³-hybridized carbons (Fsp3) is 0.571. The average Bonchev–Trinajstić information content (AvgIpc) is 2.65. The summed E-state index contributed by atoms with van der Waals surface area (Å²) in [5.41, 5.74) is 0.422. The number of rotatable bonds is 11. The van der Waals surface area contributed by atoms with Crippen LogP contribution >= 0.6 is 0 Å². The summed E-state index contributed by atoms with van der Waals surface area (Å²) < 4.78 is 22.7. The molecule has 7 heteroatoms. The lowest BCUT2D eigenvalue weighted by atomic mass is 10.1. The van der Waals surface area contributed by atoms with Gasteiger partial charge in [0.25, 0.3) is 0 Å². The van der Waals surface area contributed by atoms with Crippen LogP contribution in [0.25, 0.3) is 0 Å². The van der Waals surface area contributed by atoms with Crippen LogP contribution in [0, 0.1) is 0 Å². The minimum Gasteiger partial charge on any atom is -0.452 e. The summed E-state index contributed by atoms with van der Waals surface area (Å²) in [5, 5.41) is 9.96. The molecule has 1 N–H and O–H groups in total. The Labute approximate surface area is 169 Å². The van der Waals surface area contributed by atoms with E-state index in [1.165, 1.54) is 13.2 Å². The zero-order chi connectivity index (χ0) is 21.4. The van der Waals surface area contributed by atoms with E-state index in [1.807, 2.05) is 6.07 Å². The highest BCUT2D eigenvalue weighted by molar-refractivity contribution is 6.74. The summed E-state index contributed by atoms with van der Waals surface area (Å²) in [6.07, 6.45) is -0.782. The molecular weight excluding hydrogens is 376 g/mol. The first-order valence-electron chi connectivity index (χ1n) is 9.35. The summed E-state index contributed by atoms with van der Waals surface area (Å²) in [5.74, 6) is -0.500. The number of aliphatic hydroxyl groups excluding tert-OH is 1. The number of esters is 1. The molecule has 0 saturated carbocycles. The lowest BCUT2D eigenvalue weighted by molar-refractivity contribution is -0.147. The first kappa shape index (κ1) is 24.5. The van der Waals surface area contributed by atoms with Crippen molar-refractivity contribution in [2.24, 2.45) is 0 Å². The number of ether oxygens (including phenoxy) is 3. The average molecular weight is 411 g/mol. The molecule has 1 rings (SSSR count). The molecule has 0 aromatic heterocycles. The summed E-state index contributed by atoms with van der Waals surface area (Å²) in [6.45, 7) is 14.0. The summed E-state index contributed by atoms with van der Waals surface area (Å²) >= 11 is 0. The van der Waals surface area contributed by atoms with Gasteiger partial charge in [0.15, 0.2) is 8.32 Å². The van der Waals surface area contributed by atoms with Gasteiger partial charge in [0.2, 0.25) is 0 Å². The van der Waals surface area contributed by atoms with Crippen LogP contribution in [0.1, 0.15) is 31.1 Å². The molecule has 1 aromatic carbocycles. The second-order valence-corrected chi connectivity index (χ2v) is 12.9. The number of aliphatic hydroxyl groups is 1. The Balaban J connectivity index is 3.06. The number of benzene rings is 1. The van der Waals surface area contributed by atoms with E-state index in [9.17, 15) is 9.90 Å². The van der Waals surface area contributed by atoms with Crippen LogP contribution in [0.2, 0.25) is 18.1 Å². The first-order valence-corrected chi connectivity index (χ1v) is 12.3. The van der Waals surface area contributed by atoms with Crippen LogP contribution in [-0.4, -0.2) is 58.2 Å². The zero-order valence-corrected chi connectivity index (χ0v) is 18.8. The molecule has 0 spiro atoms. The monoisotopic (exact) mass is 410 g/mol. The lowest BCUT2D eigenvalue weighted by Gasteiger charge is -2.41. The molecule has 0 aliphatic rings. The highest BCUT2D eigenvalue weighted by Crippen LogP contribution is 2.38. The third-order valence-corrected chi connectivity index (χ3v) is 9.49. The number of hydrogen-bond acceptors (Lipinski definition) is 6. The lowest BCUT2D eigenvalue weighted by Crippen LogP contribution is -2.52. The van der Waals surface area contributed by atoms with E-state index in [-0.39, 0.29) is 18.4 Å². The Hall–Kier alpha value is -1.51. The minimum absolute atomic E-state index is 0.0325. The standard InChI is InChI=1S/C21H34O6Si/c1-8-17(26-20(23)16-12-10-9-11-13-16)19(25-15-24-5)18(14-22)27-28(6,7)21(2,3)4/h8-13,17-19,22H,1,14-15H2,2-7H3/t17-,18-,19-/m1/s1. The summed E-state index contributed by atoms with van der Waals surface area (Å²) in [6, 6.07) is 8.68. The molecule has 0 amide bonds. The molecular formula is C21H34O6Si. The Morgan fingerprint density at radius 3 is 2.32 bits per heavy atom. The summed E-state index contributed by atoms with van der Waals surface area (Å²) in [4.78, 5) is 12.5. The molecule has 0 bridgehead atoms. The third kappa shape index (κ3) is 6.83. The summed E-state index contributed by atoms with van der Waals surface area (Å²) in [7, 11) is -0.710. The highest BCUT2D eigenvalue weighted by atomic mass is 28.4. The van der Waals surface area contributed by atoms with Crippen molar-refractivity contribution in [2.45, 2.75) is 57.2 Å². The molecule has 0 heterocycles. The maximum Gasteiger partial charge on any atom is 0.338 e. The molecule has 0 saturated heterocycles. The SMILES string of the molecule is C=C[C@@H](OC(=O)c1ccccc1)[C@@H](OCOC)[C@@H](CO)O[Si](C)(C)C(C)(C)C. The molecule has 158 valence electrons. The van der Waals surface area contributed by atoms with Crippen LogP contribution in [-0.2, 0) is 18.6 Å². The molecule has 0 fully saturated rings. The zero-order valence-electron chi connectivity index (χ0n) is 17.8. The van der Waals surface area contributed by atoms with Gasteiger partial charge in [-0.05, 0) is 36.3 Å². The largest absolute Gasteiger partial charge is 0.452 e. The minimum atomic E-state index is -2.21. The van der Waals surface area contributed by atoms with E-state index < -0.39 is 32.6 Å². The molecule has 6 nitrogen and oxygen atoms in total. The van der Waals surface area contributed by atoms with Crippen LogP contribution < -0.4 is 0 Å². The van der Waals surface area contributed by atoms with Gasteiger partial charge in [0.1, 0.15) is 19.0 Å². The number of hydrogen-bond donors (Lipinski definition) is 1. The molecule has 1 aromatic rings. The van der Waals surface area contributed by atoms with Crippen molar-refractivity contribution in [3.8, 4) is 0 Å². The van der Waals surface area contributed by atoms with Gasteiger partial charge in [-0.25, -0.2) is 4.79 Å². The molecule has 0 aliphatic heterocycles. The van der Waals surface area contributed by atoms with E-state index in [1.54, 1.807) is 24.3 Å². The normalized spacial score (nSPS) is 15.5. The van der Waals surface area contributed by atoms with E-state index in [0.29, 0.717) is 5.56 Å². The maximum atomic E-state index is 12.5. The van der Waals surface area contributed by atoms with Gasteiger partial charge >= 0.3 is 5.97 Å². The predicted octanol–water partition coefficient (Wildman–Crippen LogP) is 3.77. The Kier molecular flexibility index (Phi) is 9.53. The Morgan fingerprint density at radius 2 is 1.86 bits per heavy atom. The van der Waals surface area contributed by atoms with Crippen molar-refractivity contribution >= 4 is 14.3 Å². The van der Waals surface area contributed by atoms with Crippen LogP contribution in [0.4, 0.5) is 0 Å². The molecule has 0 radical (unpaired) electrons. The van der Waals surface area contributed by atoms with Gasteiger partial charge in [-0.15, -0.1) is 0 Å². The second-order valence-electron chi connectivity index (χ2n) is 8.11. The number of carbonyl (C=O) groups is 1. The van der Waals surface area contributed by atoms with E-state index in [0.717, 1.165) is 0 Å². The second kappa shape index (κ2) is 10.9. The Morgan fingerprint density at radius 1 is 1.25 bits per heavy atom. The Bertz CT molecular complexity index is 611. The van der Waals surface area contributed by atoms with Gasteiger partial charge in [-0.2, -0.15) is 0 Å². The van der Waals surface area contributed by atoms with Crippen molar-refractivity contribution in [3.05, 3.63) is 48.6 Å². The number of carbonyl (C=O) groups excluding carboxylic acids is 1. The molecule has 3 atom stereocenters. The fourth-order valence-electron chi connectivity index (χ4n) is 2.34. The highest BCUT2D eigenvalue weighted by Gasteiger charge is 2.42. The van der Waals surface area contributed by atoms with Crippen molar-refractivity contribution in [1.29, 1.82) is 0 Å². The first-order chi connectivity index (χ1) is 13.1. The van der Waals surface area contributed by atoms with Crippen molar-refractivity contribution in [2.75, 3.05) is 20.5 Å². The van der Waals surface area contributed by atoms with Gasteiger partial charge in [0, 0.05) is 7.11 Å². The van der Waals surface area contributed by atoms with E-state index in [4.69, 9.17) is 18.6 Å². The number of methoxy groups -OCH3 is 1. The van der Waals surface area contributed by atoms with Gasteiger partial charge in [-0.1, -0.05) is 45.5 Å². The van der Waals surface area contributed by atoms with Gasteiger partial charge in [-0.3, -0.25) is 0 Å². The van der Waals surface area contributed by atoms with Crippen LogP contribution in [0.3, 0.4) is 0 Å². The molecule has 28 heavy (non-hydrogen) atoms. The molecule has 0 aliphatic carbocycles. The van der Waals surface area contributed by atoms with Gasteiger partial charge in [0.05, 0.1) is 18.3 Å². The van der Waals surface area contributed by atoms with E-state index >= 15 is 0 Å². The smallest absolute Gasteiger partial charge is 0.338 e. The van der Waals surface area contributed by atoms with Crippen molar-refractivity contribution in [3.63, 3.8) is 0 Å². The van der Waals surface area contributed by atoms with Gasteiger partial charge < -0.3 is 23.7 Å². The van der Waals surface area contributed by atoms with Crippen LogP contribution in [0.5, 0.6) is 0 Å². The predicted molar refractivity (Wildman–Crippen MR) is 112 cm³/mol. The topological polar surface area (TPSA) is 74.2 Å². The maximum absolute atomic E-state index is 12.5. The molecule has 0 unspecified atom stereocenters. The fourth-order valence-corrected chi connectivity index (χ4v) is 3.66. The van der Waals surface area contributed by atoms with Crippen LogP contribution in [0.15, 0.2) is 43.0 Å². The van der Waals surface area contributed by atoms with Crippen molar-refractivity contribution in [1.82, 2.24) is 0 Å².